The molecule has 0 unspecified atom stereocenters. The van der Waals surface area contributed by atoms with Gasteiger partial charge in [0.05, 0.1) is 0 Å². The van der Waals surface area contributed by atoms with Gasteiger partial charge in [0.25, 0.3) is 0 Å². The Hall–Kier alpha value is -1.12. The molecule has 0 radical (unpaired) electrons. The summed E-state index contributed by atoms with van der Waals surface area (Å²) >= 11 is 0. The summed E-state index contributed by atoms with van der Waals surface area (Å²) in [5.41, 5.74) is 0.737. The maximum Gasteiger partial charge on any atom is 0.131 e. The molecule has 0 aliphatic carbocycles. The number of rotatable bonds is 5. The minimum absolute atomic E-state index is 0.0942. The van der Waals surface area contributed by atoms with Crippen LogP contribution < -0.4 is 4.90 Å². The van der Waals surface area contributed by atoms with Crippen LogP contribution in [-0.2, 0) is 0 Å². The van der Waals surface area contributed by atoms with Gasteiger partial charge in [0.2, 0.25) is 0 Å². The molecule has 0 spiro atoms. The summed E-state index contributed by atoms with van der Waals surface area (Å²) in [6, 6.07) is 2.84. The van der Waals surface area contributed by atoms with Gasteiger partial charge in [-0.2, -0.15) is 0 Å². The highest BCUT2D eigenvalue weighted by molar-refractivity contribution is 5.48. The average molecular weight is 227 g/mol. The molecule has 0 amide bonds. The molecule has 1 rings (SSSR count). The minimum atomic E-state index is -0.466. The summed E-state index contributed by atoms with van der Waals surface area (Å²) in [4.78, 5) is 2.02. The van der Waals surface area contributed by atoms with Crippen LogP contribution in [0.2, 0.25) is 0 Å². The van der Waals surface area contributed by atoms with E-state index in [0.29, 0.717) is 5.69 Å². The molecule has 0 aromatic heterocycles. The quantitative estimate of drug-likeness (QED) is 0.737. The number of anilines is 1. The van der Waals surface area contributed by atoms with E-state index >= 15 is 0 Å². The molecule has 0 N–H and O–H groups in total. The Morgan fingerprint density at radius 3 is 1.81 bits per heavy atom. The number of hydrogen-bond acceptors (Lipinski definition) is 1. The maximum absolute atomic E-state index is 13.4. The first kappa shape index (κ1) is 12.9. The largest absolute Gasteiger partial charge is 0.371 e. The monoisotopic (exact) mass is 227 g/mol. The van der Waals surface area contributed by atoms with Crippen molar-refractivity contribution in [2.45, 2.75) is 33.6 Å². The lowest BCUT2D eigenvalue weighted by atomic mass is 10.1. The van der Waals surface area contributed by atoms with Gasteiger partial charge in [0.1, 0.15) is 11.6 Å². The highest BCUT2D eigenvalue weighted by Crippen LogP contribution is 2.21. The van der Waals surface area contributed by atoms with Crippen LogP contribution in [0.1, 0.15) is 32.3 Å². The highest BCUT2D eigenvalue weighted by atomic mass is 19.1. The van der Waals surface area contributed by atoms with Crippen LogP contribution in [0.3, 0.4) is 0 Å². The SMILES string of the molecule is CCCN(CCC)c1cc(F)c(C)c(F)c1. The van der Waals surface area contributed by atoms with E-state index in [1.165, 1.54) is 19.1 Å². The van der Waals surface area contributed by atoms with Crippen LogP contribution in [-0.4, -0.2) is 13.1 Å². The minimum Gasteiger partial charge on any atom is -0.371 e. The smallest absolute Gasteiger partial charge is 0.131 e. The van der Waals surface area contributed by atoms with E-state index in [4.69, 9.17) is 0 Å². The van der Waals surface area contributed by atoms with Gasteiger partial charge in [0, 0.05) is 24.3 Å². The van der Waals surface area contributed by atoms with Crippen molar-refractivity contribution in [3.8, 4) is 0 Å². The summed E-state index contributed by atoms with van der Waals surface area (Å²) in [6.07, 6.45) is 1.94. The van der Waals surface area contributed by atoms with Crippen LogP contribution in [0.15, 0.2) is 12.1 Å². The average Bonchev–Trinajstić information content (AvgIpc) is 2.25. The maximum atomic E-state index is 13.4. The lowest BCUT2D eigenvalue weighted by Gasteiger charge is -2.24. The molecule has 3 heteroatoms. The van der Waals surface area contributed by atoms with Crippen LogP contribution in [0.25, 0.3) is 0 Å². The van der Waals surface area contributed by atoms with Gasteiger partial charge >= 0.3 is 0 Å². The Balaban J connectivity index is 3.00. The van der Waals surface area contributed by atoms with Gasteiger partial charge in [-0.3, -0.25) is 0 Å². The van der Waals surface area contributed by atoms with E-state index in [0.717, 1.165) is 25.9 Å². The van der Waals surface area contributed by atoms with Gasteiger partial charge in [0.15, 0.2) is 0 Å². The second-order valence-corrected chi connectivity index (χ2v) is 4.02. The molecule has 0 saturated carbocycles. The van der Waals surface area contributed by atoms with Crippen molar-refractivity contribution in [1.29, 1.82) is 0 Å². The van der Waals surface area contributed by atoms with E-state index in [-0.39, 0.29) is 5.56 Å². The van der Waals surface area contributed by atoms with Crippen molar-refractivity contribution in [3.63, 3.8) is 0 Å². The lowest BCUT2D eigenvalue weighted by Crippen LogP contribution is -2.25. The molecule has 90 valence electrons. The summed E-state index contributed by atoms with van der Waals surface area (Å²) in [5, 5.41) is 0. The van der Waals surface area contributed by atoms with E-state index in [2.05, 4.69) is 13.8 Å². The zero-order chi connectivity index (χ0) is 12.1. The zero-order valence-electron chi connectivity index (χ0n) is 10.2. The first-order chi connectivity index (χ1) is 7.60. The third-order valence-corrected chi connectivity index (χ3v) is 2.62. The molecular weight excluding hydrogens is 208 g/mol. The summed E-state index contributed by atoms with van der Waals surface area (Å²) in [6.45, 7) is 7.23. The Bertz CT molecular complexity index is 321. The van der Waals surface area contributed by atoms with Crippen LogP contribution in [0.5, 0.6) is 0 Å². The fourth-order valence-corrected chi connectivity index (χ4v) is 1.72. The van der Waals surface area contributed by atoms with Crippen molar-refractivity contribution in [3.05, 3.63) is 29.3 Å². The molecule has 0 saturated heterocycles. The van der Waals surface area contributed by atoms with Gasteiger partial charge in [-0.15, -0.1) is 0 Å². The normalized spacial score (nSPS) is 10.6. The lowest BCUT2D eigenvalue weighted by molar-refractivity contribution is 0.566. The summed E-state index contributed by atoms with van der Waals surface area (Å²) in [5.74, 6) is -0.931. The van der Waals surface area contributed by atoms with Crippen molar-refractivity contribution >= 4 is 5.69 Å². The summed E-state index contributed by atoms with van der Waals surface area (Å²) < 4.78 is 26.8. The molecule has 0 atom stereocenters. The van der Waals surface area contributed by atoms with Crippen LogP contribution in [0, 0.1) is 18.6 Å². The number of benzene rings is 1. The van der Waals surface area contributed by atoms with Gasteiger partial charge < -0.3 is 4.90 Å². The third-order valence-electron chi connectivity index (χ3n) is 2.62. The summed E-state index contributed by atoms with van der Waals surface area (Å²) in [7, 11) is 0. The zero-order valence-corrected chi connectivity index (χ0v) is 10.2. The van der Waals surface area contributed by atoms with E-state index in [9.17, 15) is 8.78 Å². The van der Waals surface area contributed by atoms with Gasteiger partial charge in [-0.05, 0) is 31.9 Å². The van der Waals surface area contributed by atoms with E-state index < -0.39 is 11.6 Å². The van der Waals surface area contributed by atoms with Crippen LogP contribution in [0.4, 0.5) is 14.5 Å². The number of hydrogen-bond donors (Lipinski definition) is 0. The number of nitrogens with zero attached hydrogens (tertiary/aromatic N) is 1. The topological polar surface area (TPSA) is 3.24 Å². The molecule has 0 aliphatic heterocycles. The van der Waals surface area contributed by atoms with Gasteiger partial charge in [-0.25, -0.2) is 8.78 Å². The molecule has 1 aromatic carbocycles. The first-order valence-corrected chi connectivity index (χ1v) is 5.80. The highest BCUT2D eigenvalue weighted by Gasteiger charge is 2.11. The van der Waals surface area contributed by atoms with Crippen molar-refractivity contribution in [2.24, 2.45) is 0 Å². The standard InChI is InChI=1S/C13H19F2N/c1-4-6-16(7-5-2)11-8-12(14)10(3)13(15)9-11/h8-9H,4-7H2,1-3H3. The molecule has 1 nitrogen and oxygen atoms in total. The molecule has 0 aliphatic rings. The molecule has 0 bridgehead atoms. The van der Waals surface area contributed by atoms with E-state index in [1.54, 1.807) is 0 Å². The van der Waals surface area contributed by atoms with Gasteiger partial charge in [-0.1, -0.05) is 13.8 Å². The fourth-order valence-electron chi connectivity index (χ4n) is 1.72. The molecule has 0 fully saturated rings. The predicted octanol–water partition coefficient (Wildman–Crippen LogP) is 3.90. The Labute approximate surface area is 96.1 Å². The predicted molar refractivity (Wildman–Crippen MR) is 63.9 cm³/mol. The van der Waals surface area contributed by atoms with Crippen molar-refractivity contribution in [1.82, 2.24) is 0 Å². The second kappa shape index (κ2) is 5.83. The number of halogens is 2. The Morgan fingerprint density at radius 2 is 1.44 bits per heavy atom. The van der Waals surface area contributed by atoms with Crippen molar-refractivity contribution in [2.75, 3.05) is 18.0 Å². The van der Waals surface area contributed by atoms with Crippen LogP contribution >= 0.6 is 0 Å². The molecule has 16 heavy (non-hydrogen) atoms. The fraction of sp³-hybridized carbons (Fsp3) is 0.538. The molecule has 0 heterocycles. The van der Waals surface area contributed by atoms with E-state index in [1.807, 2.05) is 4.90 Å². The molecular formula is C13H19F2N. The Kier molecular flexibility index (Phi) is 4.71. The second-order valence-electron chi connectivity index (χ2n) is 4.02. The first-order valence-electron chi connectivity index (χ1n) is 5.80. The molecule has 1 aromatic rings. The Morgan fingerprint density at radius 1 is 1.00 bits per heavy atom. The van der Waals surface area contributed by atoms with Crippen molar-refractivity contribution < 1.29 is 8.78 Å². The third kappa shape index (κ3) is 2.94.